The summed E-state index contributed by atoms with van der Waals surface area (Å²) in [7, 11) is 0. The molecule has 0 radical (unpaired) electrons. The first-order valence-corrected chi connectivity index (χ1v) is 4.65. The van der Waals surface area contributed by atoms with Gasteiger partial charge in [-0.05, 0) is 30.2 Å². The van der Waals surface area contributed by atoms with Gasteiger partial charge in [0, 0.05) is 17.3 Å². The predicted molar refractivity (Wildman–Crippen MR) is 56.6 cm³/mol. The standard InChI is InChI=1S/C12H15N/c1-9-4-6-12(2,3)10-5-7-13-11(10)8-9/h4-8,13H,1-3H3. The molecule has 1 N–H and O–H groups in total. The van der Waals surface area contributed by atoms with Gasteiger partial charge in [-0.25, -0.2) is 0 Å². The van der Waals surface area contributed by atoms with Crippen molar-refractivity contribution in [3.63, 3.8) is 0 Å². The van der Waals surface area contributed by atoms with Gasteiger partial charge in [-0.15, -0.1) is 0 Å². The van der Waals surface area contributed by atoms with Crippen LogP contribution in [0.3, 0.4) is 0 Å². The molecule has 1 aliphatic rings. The van der Waals surface area contributed by atoms with Crippen molar-refractivity contribution in [1.29, 1.82) is 0 Å². The fourth-order valence-corrected chi connectivity index (χ4v) is 1.77. The maximum absolute atomic E-state index is 3.27. The highest BCUT2D eigenvalue weighted by Crippen LogP contribution is 2.31. The van der Waals surface area contributed by atoms with E-state index in [0.29, 0.717) is 0 Å². The summed E-state index contributed by atoms with van der Waals surface area (Å²) in [4.78, 5) is 3.27. The van der Waals surface area contributed by atoms with Crippen molar-refractivity contribution >= 4 is 6.08 Å². The Morgan fingerprint density at radius 1 is 1.31 bits per heavy atom. The lowest BCUT2D eigenvalue weighted by atomic mass is 9.85. The molecule has 0 saturated heterocycles. The monoisotopic (exact) mass is 173 g/mol. The predicted octanol–water partition coefficient (Wildman–Crippen LogP) is 3.27. The van der Waals surface area contributed by atoms with Crippen LogP contribution in [0.1, 0.15) is 32.0 Å². The van der Waals surface area contributed by atoms with Gasteiger partial charge >= 0.3 is 0 Å². The minimum absolute atomic E-state index is 0.142. The van der Waals surface area contributed by atoms with Gasteiger partial charge in [0.15, 0.2) is 0 Å². The Labute approximate surface area is 79.2 Å². The van der Waals surface area contributed by atoms with Crippen LogP contribution in [-0.2, 0) is 5.41 Å². The molecule has 0 spiro atoms. The summed E-state index contributed by atoms with van der Waals surface area (Å²) < 4.78 is 0. The molecular formula is C12H15N. The second-order valence-electron chi connectivity index (χ2n) is 4.25. The fourth-order valence-electron chi connectivity index (χ4n) is 1.77. The number of hydrogen-bond donors (Lipinski definition) is 1. The van der Waals surface area contributed by atoms with Crippen molar-refractivity contribution in [2.75, 3.05) is 0 Å². The summed E-state index contributed by atoms with van der Waals surface area (Å²) in [6.07, 6.45) is 8.66. The topological polar surface area (TPSA) is 15.8 Å². The normalized spacial score (nSPS) is 19.2. The van der Waals surface area contributed by atoms with E-state index in [1.54, 1.807) is 0 Å². The van der Waals surface area contributed by atoms with Crippen molar-refractivity contribution in [2.45, 2.75) is 26.2 Å². The quantitative estimate of drug-likeness (QED) is 0.619. The van der Waals surface area contributed by atoms with Crippen LogP contribution in [-0.4, -0.2) is 4.98 Å². The number of rotatable bonds is 0. The van der Waals surface area contributed by atoms with Gasteiger partial charge in [0.2, 0.25) is 0 Å². The molecule has 68 valence electrons. The van der Waals surface area contributed by atoms with Gasteiger partial charge < -0.3 is 4.98 Å². The molecule has 1 heterocycles. The lowest BCUT2D eigenvalue weighted by Gasteiger charge is -2.19. The van der Waals surface area contributed by atoms with Gasteiger partial charge in [-0.2, -0.15) is 0 Å². The molecule has 0 fully saturated rings. The summed E-state index contributed by atoms with van der Waals surface area (Å²) in [5.74, 6) is 0. The third kappa shape index (κ3) is 1.35. The molecule has 2 rings (SSSR count). The zero-order valence-corrected chi connectivity index (χ0v) is 8.39. The number of aromatic nitrogens is 1. The summed E-state index contributed by atoms with van der Waals surface area (Å²) >= 11 is 0. The van der Waals surface area contributed by atoms with Gasteiger partial charge in [-0.3, -0.25) is 0 Å². The maximum atomic E-state index is 3.27. The largest absolute Gasteiger partial charge is 0.361 e. The summed E-state index contributed by atoms with van der Waals surface area (Å²) in [6, 6.07) is 2.16. The van der Waals surface area contributed by atoms with Crippen LogP contribution in [0, 0.1) is 0 Å². The molecule has 0 amide bonds. The smallest absolute Gasteiger partial charge is 0.0424 e. The van der Waals surface area contributed by atoms with Crippen molar-refractivity contribution in [2.24, 2.45) is 0 Å². The van der Waals surface area contributed by atoms with Crippen molar-refractivity contribution < 1.29 is 0 Å². The zero-order valence-electron chi connectivity index (χ0n) is 8.39. The average molecular weight is 173 g/mol. The third-order valence-electron chi connectivity index (χ3n) is 2.61. The number of H-pyrrole nitrogens is 1. The van der Waals surface area contributed by atoms with E-state index in [0.717, 1.165) is 0 Å². The summed E-state index contributed by atoms with van der Waals surface area (Å²) in [5.41, 5.74) is 4.06. The van der Waals surface area contributed by atoms with Crippen molar-refractivity contribution in [3.05, 3.63) is 41.2 Å². The minimum atomic E-state index is 0.142. The molecule has 1 aromatic rings. The van der Waals surface area contributed by atoms with E-state index in [1.807, 2.05) is 6.20 Å². The SMILES string of the molecule is CC1=Cc2[nH]ccc2C(C)(C)C=C1. The van der Waals surface area contributed by atoms with E-state index < -0.39 is 0 Å². The molecule has 0 bridgehead atoms. The molecule has 1 nitrogen and oxygen atoms in total. The lowest BCUT2D eigenvalue weighted by molar-refractivity contribution is 0.670. The number of hydrogen-bond acceptors (Lipinski definition) is 0. The highest BCUT2D eigenvalue weighted by atomic mass is 14.7. The Hall–Kier alpha value is -1.24. The highest BCUT2D eigenvalue weighted by Gasteiger charge is 2.21. The molecule has 13 heavy (non-hydrogen) atoms. The number of aromatic amines is 1. The van der Waals surface area contributed by atoms with E-state index in [4.69, 9.17) is 0 Å². The molecule has 1 aliphatic carbocycles. The molecule has 1 heteroatoms. The fraction of sp³-hybridized carbons (Fsp3) is 0.333. The second kappa shape index (κ2) is 2.63. The molecule has 0 saturated carbocycles. The first-order chi connectivity index (χ1) is 6.09. The van der Waals surface area contributed by atoms with Gasteiger partial charge in [-0.1, -0.05) is 26.0 Å². The van der Waals surface area contributed by atoms with Gasteiger partial charge in [0.25, 0.3) is 0 Å². The van der Waals surface area contributed by atoms with Crippen molar-refractivity contribution in [1.82, 2.24) is 4.98 Å². The Morgan fingerprint density at radius 2 is 2.08 bits per heavy atom. The summed E-state index contributed by atoms with van der Waals surface area (Å²) in [6.45, 7) is 6.60. The van der Waals surface area contributed by atoms with Crippen LogP contribution in [0.2, 0.25) is 0 Å². The number of fused-ring (bicyclic) bond motifs is 1. The third-order valence-corrected chi connectivity index (χ3v) is 2.61. The first-order valence-electron chi connectivity index (χ1n) is 4.65. The molecule has 0 aliphatic heterocycles. The van der Waals surface area contributed by atoms with E-state index >= 15 is 0 Å². The summed E-state index contributed by atoms with van der Waals surface area (Å²) in [5, 5.41) is 0. The lowest BCUT2D eigenvalue weighted by Crippen LogP contribution is -2.12. The van der Waals surface area contributed by atoms with Crippen LogP contribution < -0.4 is 0 Å². The highest BCUT2D eigenvalue weighted by molar-refractivity contribution is 5.60. The van der Waals surface area contributed by atoms with Crippen LogP contribution in [0.15, 0.2) is 30.0 Å². The van der Waals surface area contributed by atoms with Crippen LogP contribution >= 0.6 is 0 Å². The minimum Gasteiger partial charge on any atom is -0.361 e. The second-order valence-corrected chi connectivity index (χ2v) is 4.25. The van der Waals surface area contributed by atoms with Crippen LogP contribution in [0.25, 0.3) is 6.08 Å². The number of allylic oxidation sites excluding steroid dienone is 3. The number of nitrogens with one attached hydrogen (secondary N) is 1. The molecule has 1 aromatic heterocycles. The van der Waals surface area contributed by atoms with E-state index in [-0.39, 0.29) is 5.41 Å². The average Bonchev–Trinajstić information content (AvgIpc) is 2.46. The Morgan fingerprint density at radius 3 is 2.85 bits per heavy atom. The zero-order chi connectivity index (χ0) is 9.47. The maximum Gasteiger partial charge on any atom is 0.0424 e. The Kier molecular flexibility index (Phi) is 1.69. The van der Waals surface area contributed by atoms with Crippen LogP contribution in [0.4, 0.5) is 0 Å². The molecular weight excluding hydrogens is 158 g/mol. The molecule has 0 unspecified atom stereocenters. The first kappa shape index (κ1) is 8.36. The molecule has 0 atom stereocenters. The Balaban J connectivity index is 2.63. The van der Waals surface area contributed by atoms with Gasteiger partial charge in [0.05, 0.1) is 0 Å². The van der Waals surface area contributed by atoms with E-state index in [1.165, 1.54) is 16.8 Å². The van der Waals surface area contributed by atoms with Gasteiger partial charge in [0.1, 0.15) is 0 Å². The van der Waals surface area contributed by atoms with E-state index in [2.05, 4.69) is 50.0 Å². The molecule has 0 aromatic carbocycles. The van der Waals surface area contributed by atoms with E-state index in [9.17, 15) is 0 Å². The van der Waals surface area contributed by atoms with Crippen molar-refractivity contribution in [3.8, 4) is 0 Å². The van der Waals surface area contributed by atoms with Crippen LogP contribution in [0.5, 0.6) is 0 Å². The Bertz CT molecular complexity index is 378.